The zero-order valence-electron chi connectivity index (χ0n) is 9.69. The van der Waals surface area contributed by atoms with Gasteiger partial charge < -0.3 is 10.6 Å². The number of carbonyl (C=O) groups excluding carboxylic acids is 2. The molecule has 0 saturated carbocycles. The van der Waals surface area contributed by atoms with Crippen LogP contribution in [0.1, 0.15) is 40.0 Å². The van der Waals surface area contributed by atoms with Crippen molar-refractivity contribution in [3.8, 4) is 0 Å². The van der Waals surface area contributed by atoms with Gasteiger partial charge in [0, 0.05) is 24.2 Å². The topological polar surface area (TPSA) is 63.4 Å². The molecule has 0 unspecified atom stereocenters. The molecule has 4 heteroatoms. The van der Waals surface area contributed by atoms with Gasteiger partial charge in [0.15, 0.2) is 0 Å². The normalized spacial score (nSPS) is 15.6. The Balaban J connectivity index is 2.18. The molecule has 1 aliphatic rings. The number of nitrogens with zero attached hydrogens (tertiary/aromatic N) is 1. The Kier molecular flexibility index (Phi) is 3.42. The summed E-state index contributed by atoms with van der Waals surface area (Å²) in [5.41, 5.74) is 6.12. The number of amides is 2. The minimum Gasteiger partial charge on any atom is -0.366 e. The molecule has 1 saturated heterocycles. The molecular weight excluding hydrogens is 216 g/mol. The second-order valence-corrected chi connectivity index (χ2v) is 4.30. The van der Waals surface area contributed by atoms with Crippen LogP contribution in [0.2, 0.25) is 0 Å². The first-order chi connectivity index (χ1) is 8.18. The Morgan fingerprint density at radius 1 is 1.06 bits per heavy atom. The third-order valence-corrected chi connectivity index (χ3v) is 3.04. The summed E-state index contributed by atoms with van der Waals surface area (Å²) >= 11 is 0. The molecule has 0 spiro atoms. The third kappa shape index (κ3) is 2.64. The molecule has 1 aromatic rings. The van der Waals surface area contributed by atoms with Crippen LogP contribution in [0.5, 0.6) is 0 Å². The number of hydrogen-bond donors (Lipinski definition) is 1. The van der Waals surface area contributed by atoms with Gasteiger partial charge in [-0.05, 0) is 37.5 Å². The van der Waals surface area contributed by atoms with E-state index in [1.54, 1.807) is 24.3 Å². The zero-order chi connectivity index (χ0) is 12.3. The lowest BCUT2D eigenvalue weighted by Crippen LogP contribution is -2.35. The molecule has 0 radical (unpaired) electrons. The lowest BCUT2D eigenvalue weighted by molar-refractivity contribution is 0.0724. The van der Waals surface area contributed by atoms with Gasteiger partial charge in [-0.3, -0.25) is 9.59 Å². The fourth-order valence-electron chi connectivity index (χ4n) is 2.09. The number of carbonyl (C=O) groups is 2. The fourth-order valence-corrected chi connectivity index (χ4v) is 2.09. The Hall–Kier alpha value is -1.84. The lowest BCUT2D eigenvalue weighted by atomic mass is 10.1. The summed E-state index contributed by atoms with van der Waals surface area (Å²) in [7, 11) is 0. The zero-order valence-corrected chi connectivity index (χ0v) is 9.69. The second-order valence-electron chi connectivity index (χ2n) is 4.30. The number of piperidine rings is 1. The predicted molar refractivity (Wildman–Crippen MR) is 64.7 cm³/mol. The molecule has 2 N–H and O–H groups in total. The second kappa shape index (κ2) is 4.99. The Bertz CT molecular complexity index is 437. The van der Waals surface area contributed by atoms with Crippen LogP contribution in [-0.2, 0) is 0 Å². The molecule has 2 amide bonds. The molecule has 90 valence electrons. The van der Waals surface area contributed by atoms with E-state index in [1.165, 1.54) is 6.42 Å². The van der Waals surface area contributed by atoms with E-state index in [2.05, 4.69) is 0 Å². The van der Waals surface area contributed by atoms with Crippen LogP contribution in [0.25, 0.3) is 0 Å². The van der Waals surface area contributed by atoms with Crippen LogP contribution in [0.15, 0.2) is 24.3 Å². The summed E-state index contributed by atoms with van der Waals surface area (Å²) in [5, 5.41) is 0. The van der Waals surface area contributed by atoms with Gasteiger partial charge in [-0.25, -0.2) is 0 Å². The van der Waals surface area contributed by atoms with E-state index in [9.17, 15) is 9.59 Å². The van der Waals surface area contributed by atoms with Crippen LogP contribution in [0, 0.1) is 0 Å². The fraction of sp³-hybridized carbons (Fsp3) is 0.385. The molecule has 1 aliphatic heterocycles. The molecule has 2 rings (SSSR count). The summed E-state index contributed by atoms with van der Waals surface area (Å²) in [4.78, 5) is 25.0. The minimum atomic E-state index is -0.502. The summed E-state index contributed by atoms with van der Waals surface area (Å²) in [5.74, 6) is -0.508. The van der Waals surface area contributed by atoms with Gasteiger partial charge in [-0.2, -0.15) is 0 Å². The molecular formula is C13H16N2O2. The first kappa shape index (κ1) is 11.6. The summed E-state index contributed by atoms with van der Waals surface area (Å²) in [6.45, 7) is 1.61. The van der Waals surface area contributed by atoms with Gasteiger partial charge in [-0.15, -0.1) is 0 Å². The van der Waals surface area contributed by atoms with Crippen LogP contribution in [-0.4, -0.2) is 29.8 Å². The molecule has 1 heterocycles. The van der Waals surface area contributed by atoms with Crippen LogP contribution >= 0.6 is 0 Å². The van der Waals surface area contributed by atoms with E-state index < -0.39 is 5.91 Å². The highest BCUT2D eigenvalue weighted by Crippen LogP contribution is 2.14. The van der Waals surface area contributed by atoms with E-state index in [0.717, 1.165) is 25.9 Å². The first-order valence-electron chi connectivity index (χ1n) is 5.87. The molecule has 0 atom stereocenters. The summed E-state index contributed by atoms with van der Waals surface area (Å²) < 4.78 is 0. The van der Waals surface area contributed by atoms with Gasteiger partial charge >= 0.3 is 0 Å². The maximum atomic E-state index is 12.1. The van der Waals surface area contributed by atoms with E-state index in [4.69, 9.17) is 5.73 Å². The van der Waals surface area contributed by atoms with Crippen molar-refractivity contribution in [2.24, 2.45) is 5.73 Å². The number of rotatable bonds is 2. The van der Waals surface area contributed by atoms with Crippen molar-refractivity contribution in [2.75, 3.05) is 13.1 Å². The van der Waals surface area contributed by atoms with Crippen LogP contribution in [0.3, 0.4) is 0 Å². The number of benzene rings is 1. The Morgan fingerprint density at radius 2 is 1.71 bits per heavy atom. The van der Waals surface area contributed by atoms with E-state index >= 15 is 0 Å². The highest BCUT2D eigenvalue weighted by Gasteiger charge is 2.18. The average Bonchev–Trinajstić information content (AvgIpc) is 2.39. The molecule has 17 heavy (non-hydrogen) atoms. The van der Waals surface area contributed by atoms with Crippen molar-refractivity contribution in [1.82, 2.24) is 4.90 Å². The summed E-state index contributed by atoms with van der Waals surface area (Å²) in [6, 6.07) is 6.61. The predicted octanol–water partition coefficient (Wildman–Crippen LogP) is 1.41. The smallest absolute Gasteiger partial charge is 0.253 e. The number of primary amides is 1. The van der Waals surface area contributed by atoms with Crippen molar-refractivity contribution in [3.63, 3.8) is 0 Å². The van der Waals surface area contributed by atoms with E-state index in [0.29, 0.717) is 11.1 Å². The van der Waals surface area contributed by atoms with Gasteiger partial charge in [0.2, 0.25) is 5.91 Å². The summed E-state index contributed by atoms with van der Waals surface area (Å²) in [6.07, 6.45) is 3.30. The van der Waals surface area contributed by atoms with E-state index in [-0.39, 0.29) is 5.91 Å². The average molecular weight is 232 g/mol. The monoisotopic (exact) mass is 232 g/mol. The van der Waals surface area contributed by atoms with Gasteiger partial charge in [0.25, 0.3) is 5.91 Å². The van der Waals surface area contributed by atoms with Crippen molar-refractivity contribution in [3.05, 3.63) is 35.4 Å². The quantitative estimate of drug-likeness (QED) is 0.838. The first-order valence-corrected chi connectivity index (χ1v) is 5.87. The third-order valence-electron chi connectivity index (χ3n) is 3.04. The molecule has 1 fully saturated rings. The molecule has 1 aromatic carbocycles. The van der Waals surface area contributed by atoms with Crippen molar-refractivity contribution < 1.29 is 9.59 Å². The largest absolute Gasteiger partial charge is 0.366 e. The highest BCUT2D eigenvalue weighted by molar-refractivity contribution is 5.99. The van der Waals surface area contributed by atoms with E-state index in [1.807, 2.05) is 4.90 Å². The highest BCUT2D eigenvalue weighted by atomic mass is 16.2. The molecule has 0 aliphatic carbocycles. The van der Waals surface area contributed by atoms with Gasteiger partial charge in [0.05, 0.1) is 0 Å². The van der Waals surface area contributed by atoms with Crippen LogP contribution < -0.4 is 5.73 Å². The van der Waals surface area contributed by atoms with Crippen molar-refractivity contribution in [2.45, 2.75) is 19.3 Å². The standard InChI is InChI=1S/C13H16N2O2/c14-12(16)10-5-4-6-11(9-10)13(17)15-7-2-1-3-8-15/h4-6,9H,1-3,7-8H2,(H2,14,16). The Labute approximate surface area is 100 Å². The SMILES string of the molecule is NC(=O)c1cccc(C(=O)N2CCCCC2)c1. The maximum Gasteiger partial charge on any atom is 0.253 e. The minimum absolute atomic E-state index is 0.00667. The molecule has 0 aromatic heterocycles. The van der Waals surface area contributed by atoms with Gasteiger partial charge in [-0.1, -0.05) is 6.07 Å². The van der Waals surface area contributed by atoms with Crippen molar-refractivity contribution >= 4 is 11.8 Å². The maximum absolute atomic E-state index is 12.1. The number of likely N-dealkylation sites (tertiary alicyclic amines) is 1. The number of hydrogen-bond acceptors (Lipinski definition) is 2. The molecule has 4 nitrogen and oxygen atoms in total. The Morgan fingerprint density at radius 3 is 2.35 bits per heavy atom. The molecule has 0 bridgehead atoms. The number of nitrogens with two attached hydrogens (primary N) is 1. The van der Waals surface area contributed by atoms with Gasteiger partial charge in [0.1, 0.15) is 0 Å². The lowest BCUT2D eigenvalue weighted by Gasteiger charge is -2.26. The van der Waals surface area contributed by atoms with Crippen LogP contribution in [0.4, 0.5) is 0 Å². The van der Waals surface area contributed by atoms with Crippen molar-refractivity contribution in [1.29, 1.82) is 0 Å².